The van der Waals surface area contributed by atoms with Gasteiger partial charge in [-0.15, -0.1) is 0 Å². The highest BCUT2D eigenvalue weighted by molar-refractivity contribution is 5.92. The second kappa shape index (κ2) is 5.20. The predicted molar refractivity (Wildman–Crippen MR) is 75.6 cm³/mol. The number of carbonyl (C=O) groups excluding carboxylic acids is 1. The lowest BCUT2D eigenvalue weighted by Gasteiger charge is -2.39. The fraction of sp³-hybridized carbons (Fsp3) is 0.733. The largest absolute Gasteiger partial charge is 0.381 e. The number of amides is 1. The first-order valence-corrected chi connectivity index (χ1v) is 7.52. The highest BCUT2D eigenvalue weighted by Crippen LogP contribution is 2.37. The van der Waals surface area contributed by atoms with Gasteiger partial charge in [0.1, 0.15) is 5.69 Å². The fourth-order valence-electron chi connectivity index (χ4n) is 3.25. The van der Waals surface area contributed by atoms with E-state index in [-0.39, 0.29) is 17.4 Å². The van der Waals surface area contributed by atoms with Gasteiger partial charge in [0.05, 0.1) is 6.61 Å². The summed E-state index contributed by atoms with van der Waals surface area (Å²) in [4.78, 5) is 14.5. The fourth-order valence-corrected chi connectivity index (χ4v) is 3.25. The maximum Gasteiger partial charge on any atom is 0.274 e. The Morgan fingerprint density at radius 2 is 2.30 bits per heavy atom. The molecule has 0 N–H and O–H groups in total. The summed E-state index contributed by atoms with van der Waals surface area (Å²) in [5.74, 6) is 0.0652. The number of hydrogen-bond acceptors (Lipinski definition) is 3. The molecule has 0 aliphatic carbocycles. The first-order chi connectivity index (χ1) is 9.60. The summed E-state index contributed by atoms with van der Waals surface area (Å²) in [6.07, 6.45) is 5.21. The molecule has 3 heterocycles. The van der Waals surface area contributed by atoms with Gasteiger partial charge in [0, 0.05) is 37.4 Å². The van der Waals surface area contributed by atoms with Gasteiger partial charge in [0.25, 0.3) is 5.91 Å². The molecule has 2 aliphatic heterocycles. The minimum atomic E-state index is 0.0652. The Hall–Kier alpha value is -1.36. The van der Waals surface area contributed by atoms with Crippen LogP contribution >= 0.6 is 0 Å². The first-order valence-electron chi connectivity index (χ1n) is 7.52. The average Bonchev–Trinajstić information content (AvgIpc) is 3.08. The van der Waals surface area contributed by atoms with Crippen LogP contribution in [0.2, 0.25) is 0 Å². The van der Waals surface area contributed by atoms with E-state index in [0.717, 1.165) is 39.1 Å². The molecule has 1 spiro atoms. The van der Waals surface area contributed by atoms with Gasteiger partial charge < -0.3 is 9.64 Å². The normalized spacial score (nSPS) is 26.6. The third-order valence-electron chi connectivity index (χ3n) is 4.49. The molecule has 1 amide bonds. The van der Waals surface area contributed by atoms with Gasteiger partial charge in [-0.2, -0.15) is 5.10 Å². The van der Waals surface area contributed by atoms with E-state index >= 15 is 0 Å². The van der Waals surface area contributed by atoms with Crippen LogP contribution in [0.15, 0.2) is 12.3 Å². The Morgan fingerprint density at radius 3 is 2.95 bits per heavy atom. The van der Waals surface area contributed by atoms with Crippen LogP contribution in [-0.2, 0) is 4.74 Å². The van der Waals surface area contributed by atoms with E-state index in [0.29, 0.717) is 5.69 Å². The minimum Gasteiger partial charge on any atom is -0.381 e. The Labute approximate surface area is 119 Å². The van der Waals surface area contributed by atoms with Gasteiger partial charge >= 0.3 is 0 Å². The molecule has 0 bridgehead atoms. The van der Waals surface area contributed by atoms with E-state index in [9.17, 15) is 4.79 Å². The van der Waals surface area contributed by atoms with E-state index < -0.39 is 0 Å². The number of ether oxygens (including phenoxy) is 1. The van der Waals surface area contributed by atoms with Crippen molar-refractivity contribution >= 4 is 5.91 Å². The predicted octanol–water partition coefficient (Wildman–Crippen LogP) is 2.11. The zero-order chi connectivity index (χ0) is 14.2. The number of likely N-dealkylation sites (tertiary alicyclic amines) is 1. The van der Waals surface area contributed by atoms with E-state index in [2.05, 4.69) is 18.9 Å². The number of carbonyl (C=O) groups is 1. The van der Waals surface area contributed by atoms with E-state index in [1.54, 1.807) is 0 Å². The van der Waals surface area contributed by atoms with Gasteiger partial charge in [-0.25, -0.2) is 0 Å². The number of aromatic nitrogens is 2. The van der Waals surface area contributed by atoms with Crippen molar-refractivity contribution in [3.05, 3.63) is 18.0 Å². The van der Waals surface area contributed by atoms with Crippen LogP contribution in [0, 0.1) is 5.41 Å². The average molecular weight is 277 g/mol. The van der Waals surface area contributed by atoms with Crippen LogP contribution in [0.25, 0.3) is 0 Å². The molecular formula is C15H23N3O2. The monoisotopic (exact) mass is 277 g/mol. The van der Waals surface area contributed by atoms with E-state index in [4.69, 9.17) is 4.74 Å². The summed E-state index contributed by atoms with van der Waals surface area (Å²) in [5.41, 5.74) is 0.767. The number of nitrogens with zero attached hydrogens (tertiary/aromatic N) is 3. The van der Waals surface area contributed by atoms with Crippen LogP contribution in [-0.4, -0.2) is 46.9 Å². The molecule has 5 nitrogen and oxygen atoms in total. The Bertz CT molecular complexity index is 489. The lowest BCUT2D eigenvalue weighted by Crippen LogP contribution is -2.46. The Kier molecular flexibility index (Phi) is 3.54. The van der Waals surface area contributed by atoms with Crippen LogP contribution < -0.4 is 0 Å². The molecule has 1 atom stereocenters. The van der Waals surface area contributed by atoms with Crippen molar-refractivity contribution in [3.63, 3.8) is 0 Å². The van der Waals surface area contributed by atoms with Gasteiger partial charge in [-0.3, -0.25) is 9.48 Å². The van der Waals surface area contributed by atoms with Crippen LogP contribution in [0.1, 0.15) is 49.6 Å². The molecule has 0 aromatic carbocycles. The molecule has 20 heavy (non-hydrogen) atoms. The second-order valence-corrected chi connectivity index (χ2v) is 6.41. The number of hydrogen-bond donors (Lipinski definition) is 0. The second-order valence-electron chi connectivity index (χ2n) is 6.41. The molecular weight excluding hydrogens is 254 g/mol. The standard InChI is InChI=1S/C15H23N3O2/c1-12(2)18-8-4-13(16-18)14(19)17-7-3-5-15(10-17)6-9-20-11-15/h4,8,12H,3,5-7,9-11H2,1-2H3. The van der Waals surface area contributed by atoms with Crippen LogP contribution in [0.4, 0.5) is 0 Å². The van der Waals surface area contributed by atoms with Gasteiger partial charge in [-0.1, -0.05) is 0 Å². The first kappa shape index (κ1) is 13.6. The van der Waals surface area contributed by atoms with Crippen molar-refractivity contribution in [2.24, 2.45) is 5.41 Å². The third-order valence-corrected chi connectivity index (χ3v) is 4.49. The number of rotatable bonds is 2. The molecule has 0 radical (unpaired) electrons. The summed E-state index contributed by atoms with van der Waals surface area (Å²) in [6.45, 7) is 7.43. The minimum absolute atomic E-state index is 0.0652. The number of piperidine rings is 1. The summed E-state index contributed by atoms with van der Waals surface area (Å²) in [7, 11) is 0. The molecule has 0 saturated carbocycles. The maximum atomic E-state index is 12.6. The smallest absolute Gasteiger partial charge is 0.274 e. The van der Waals surface area contributed by atoms with Gasteiger partial charge in [-0.05, 0) is 39.2 Å². The van der Waals surface area contributed by atoms with E-state index in [1.165, 1.54) is 6.42 Å². The Balaban J connectivity index is 1.72. The molecule has 2 aliphatic rings. The van der Waals surface area contributed by atoms with Crippen molar-refractivity contribution in [2.45, 2.75) is 39.2 Å². The quantitative estimate of drug-likeness (QED) is 0.832. The van der Waals surface area contributed by atoms with Crippen molar-refractivity contribution in [1.82, 2.24) is 14.7 Å². The van der Waals surface area contributed by atoms with Crippen molar-refractivity contribution in [3.8, 4) is 0 Å². The molecule has 3 rings (SSSR count). The molecule has 1 aromatic heterocycles. The van der Waals surface area contributed by atoms with Crippen molar-refractivity contribution in [2.75, 3.05) is 26.3 Å². The van der Waals surface area contributed by atoms with Crippen molar-refractivity contribution < 1.29 is 9.53 Å². The topological polar surface area (TPSA) is 47.4 Å². The lowest BCUT2D eigenvalue weighted by atomic mass is 9.79. The molecule has 1 unspecified atom stereocenters. The van der Waals surface area contributed by atoms with Crippen LogP contribution in [0.5, 0.6) is 0 Å². The zero-order valence-corrected chi connectivity index (χ0v) is 12.3. The third kappa shape index (κ3) is 2.46. The van der Waals surface area contributed by atoms with Crippen LogP contribution in [0.3, 0.4) is 0 Å². The SMILES string of the molecule is CC(C)n1ccc(C(=O)N2CCCC3(CCOC3)C2)n1. The van der Waals surface area contributed by atoms with E-state index in [1.807, 2.05) is 21.8 Å². The summed E-state index contributed by atoms with van der Waals surface area (Å²) in [5, 5.41) is 4.39. The molecule has 1 aromatic rings. The zero-order valence-electron chi connectivity index (χ0n) is 12.3. The summed E-state index contributed by atoms with van der Waals surface area (Å²) >= 11 is 0. The van der Waals surface area contributed by atoms with Gasteiger partial charge in [0.2, 0.25) is 0 Å². The maximum absolute atomic E-state index is 12.6. The van der Waals surface area contributed by atoms with Crippen molar-refractivity contribution in [1.29, 1.82) is 0 Å². The summed E-state index contributed by atoms with van der Waals surface area (Å²) in [6, 6.07) is 2.11. The lowest BCUT2D eigenvalue weighted by molar-refractivity contribution is 0.0457. The van der Waals surface area contributed by atoms with Gasteiger partial charge in [0.15, 0.2) is 0 Å². The molecule has 2 fully saturated rings. The molecule has 2 saturated heterocycles. The highest BCUT2D eigenvalue weighted by atomic mass is 16.5. The molecule has 5 heteroatoms. The summed E-state index contributed by atoms with van der Waals surface area (Å²) < 4.78 is 7.39. The Morgan fingerprint density at radius 1 is 1.45 bits per heavy atom. The molecule has 110 valence electrons. The highest BCUT2D eigenvalue weighted by Gasteiger charge is 2.40.